The van der Waals surface area contributed by atoms with Gasteiger partial charge in [-0.2, -0.15) is 5.26 Å². The number of nitrogens with one attached hydrogen (secondary N) is 1. The molecule has 6 nitrogen and oxygen atoms in total. The molecule has 2 heterocycles. The van der Waals surface area contributed by atoms with Crippen molar-refractivity contribution < 1.29 is 13.9 Å². The van der Waals surface area contributed by atoms with Gasteiger partial charge < -0.3 is 14.5 Å². The number of morpholine rings is 1. The minimum atomic E-state index is -0.381. The van der Waals surface area contributed by atoms with Gasteiger partial charge in [0.25, 0.3) is 5.91 Å². The Balaban J connectivity index is 1.81. The Morgan fingerprint density at radius 2 is 2.23 bits per heavy atom. The summed E-state index contributed by atoms with van der Waals surface area (Å²) in [6.07, 6.45) is 3.34. The van der Waals surface area contributed by atoms with Crippen molar-refractivity contribution in [3.63, 3.8) is 0 Å². The van der Waals surface area contributed by atoms with Gasteiger partial charge in [0.05, 0.1) is 18.5 Å². The fraction of sp³-hybridized carbons (Fsp3) is 0.500. The first kappa shape index (κ1) is 16.3. The monoisotopic (exact) mass is 303 g/mol. The molecule has 1 aromatic heterocycles. The molecule has 22 heavy (non-hydrogen) atoms. The second kappa shape index (κ2) is 7.78. The van der Waals surface area contributed by atoms with Gasteiger partial charge in [0.1, 0.15) is 17.4 Å². The van der Waals surface area contributed by atoms with Crippen LogP contribution in [0.25, 0.3) is 6.08 Å². The van der Waals surface area contributed by atoms with Gasteiger partial charge in [-0.25, -0.2) is 0 Å². The molecule has 1 fully saturated rings. The van der Waals surface area contributed by atoms with E-state index < -0.39 is 0 Å². The van der Waals surface area contributed by atoms with Gasteiger partial charge in [-0.1, -0.05) is 0 Å². The van der Waals surface area contributed by atoms with Crippen LogP contribution in [0.5, 0.6) is 0 Å². The normalized spacial score (nSPS) is 23.0. The summed E-state index contributed by atoms with van der Waals surface area (Å²) >= 11 is 0. The predicted octanol–water partition coefficient (Wildman–Crippen LogP) is 1.41. The van der Waals surface area contributed by atoms with Gasteiger partial charge in [0, 0.05) is 32.3 Å². The highest BCUT2D eigenvalue weighted by Gasteiger charge is 2.21. The second-order valence-electron chi connectivity index (χ2n) is 5.46. The molecule has 0 aliphatic carbocycles. The Kier molecular flexibility index (Phi) is 5.75. The maximum Gasteiger partial charge on any atom is 0.262 e. The van der Waals surface area contributed by atoms with Gasteiger partial charge >= 0.3 is 0 Å². The average Bonchev–Trinajstić information content (AvgIpc) is 2.96. The Morgan fingerprint density at radius 3 is 2.82 bits per heavy atom. The summed E-state index contributed by atoms with van der Waals surface area (Å²) < 4.78 is 10.8. The molecule has 1 aliphatic rings. The molecule has 2 unspecified atom stereocenters. The number of furan rings is 1. The summed E-state index contributed by atoms with van der Waals surface area (Å²) in [6.45, 7) is 7.03. The van der Waals surface area contributed by atoms with E-state index in [0.29, 0.717) is 12.3 Å². The van der Waals surface area contributed by atoms with Crippen LogP contribution in [-0.2, 0) is 9.53 Å². The minimum absolute atomic E-state index is 0.0404. The number of hydrogen-bond acceptors (Lipinski definition) is 5. The number of nitrogens with zero attached hydrogens (tertiary/aromatic N) is 2. The Morgan fingerprint density at radius 1 is 1.50 bits per heavy atom. The van der Waals surface area contributed by atoms with Crippen LogP contribution in [0.2, 0.25) is 0 Å². The molecule has 0 spiro atoms. The summed E-state index contributed by atoms with van der Waals surface area (Å²) in [7, 11) is 0. The SMILES string of the molecule is CC1CN(CCNC(=O)/C(C#N)=C\c2ccco2)CC(C)O1. The van der Waals surface area contributed by atoms with E-state index in [4.69, 9.17) is 14.4 Å². The topological polar surface area (TPSA) is 78.5 Å². The maximum absolute atomic E-state index is 12.0. The third kappa shape index (κ3) is 4.72. The fourth-order valence-electron chi connectivity index (χ4n) is 2.55. The van der Waals surface area contributed by atoms with Gasteiger partial charge in [0.15, 0.2) is 0 Å². The number of ether oxygens (including phenoxy) is 1. The number of rotatable bonds is 5. The molecule has 6 heteroatoms. The molecule has 1 aromatic rings. The zero-order valence-corrected chi connectivity index (χ0v) is 12.9. The molecule has 1 amide bonds. The van der Waals surface area contributed by atoms with Crippen molar-refractivity contribution in [2.75, 3.05) is 26.2 Å². The lowest BCUT2D eigenvalue weighted by molar-refractivity contribution is -0.117. The number of nitriles is 1. The quantitative estimate of drug-likeness (QED) is 0.657. The number of carbonyl (C=O) groups excluding carboxylic acids is 1. The molecule has 118 valence electrons. The molecule has 0 aromatic carbocycles. The standard InChI is InChI=1S/C16H21N3O3/c1-12-10-19(11-13(2)22-12)6-5-18-16(20)14(9-17)8-15-4-3-7-21-15/h3-4,7-8,12-13H,5-6,10-11H2,1-2H3,(H,18,20)/b14-8-. The minimum Gasteiger partial charge on any atom is -0.465 e. The molecule has 2 rings (SSSR count). The Labute approximate surface area is 130 Å². The van der Waals surface area contributed by atoms with Crippen molar-refractivity contribution in [1.29, 1.82) is 5.26 Å². The van der Waals surface area contributed by atoms with Crippen LogP contribution in [0, 0.1) is 11.3 Å². The Bertz CT molecular complexity index is 550. The molecule has 1 N–H and O–H groups in total. The van der Waals surface area contributed by atoms with Crippen molar-refractivity contribution in [1.82, 2.24) is 10.2 Å². The first-order chi connectivity index (χ1) is 10.6. The highest BCUT2D eigenvalue weighted by atomic mass is 16.5. The highest BCUT2D eigenvalue weighted by Crippen LogP contribution is 2.10. The first-order valence-electron chi connectivity index (χ1n) is 7.40. The summed E-state index contributed by atoms with van der Waals surface area (Å²) in [5.74, 6) is 0.107. The number of amides is 1. The summed E-state index contributed by atoms with van der Waals surface area (Å²) in [5.41, 5.74) is 0.0404. The van der Waals surface area contributed by atoms with Crippen LogP contribution >= 0.6 is 0 Å². The molecule has 1 saturated heterocycles. The van der Waals surface area contributed by atoms with Gasteiger partial charge in [-0.3, -0.25) is 9.69 Å². The lowest BCUT2D eigenvalue weighted by Gasteiger charge is -2.35. The van der Waals surface area contributed by atoms with Crippen LogP contribution < -0.4 is 5.32 Å². The molecule has 0 saturated carbocycles. The van der Waals surface area contributed by atoms with E-state index in [1.54, 1.807) is 12.1 Å². The van der Waals surface area contributed by atoms with Crippen molar-refractivity contribution in [3.8, 4) is 6.07 Å². The van der Waals surface area contributed by atoms with E-state index in [9.17, 15) is 4.79 Å². The van der Waals surface area contributed by atoms with Crippen LogP contribution in [0.3, 0.4) is 0 Å². The highest BCUT2D eigenvalue weighted by molar-refractivity contribution is 6.01. The summed E-state index contributed by atoms with van der Waals surface area (Å²) in [5, 5.41) is 11.8. The third-order valence-electron chi connectivity index (χ3n) is 3.40. The number of hydrogen-bond donors (Lipinski definition) is 1. The first-order valence-corrected chi connectivity index (χ1v) is 7.40. The average molecular weight is 303 g/mol. The van der Waals surface area contributed by atoms with E-state index in [-0.39, 0.29) is 23.7 Å². The van der Waals surface area contributed by atoms with E-state index >= 15 is 0 Å². The summed E-state index contributed by atoms with van der Waals surface area (Å²) in [4.78, 5) is 14.2. The predicted molar refractivity (Wildman–Crippen MR) is 81.8 cm³/mol. The van der Waals surface area contributed by atoms with Crippen LogP contribution in [0.1, 0.15) is 19.6 Å². The van der Waals surface area contributed by atoms with Gasteiger partial charge in [-0.05, 0) is 26.0 Å². The van der Waals surface area contributed by atoms with Crippen LogP contribution in [-0.4, -0.2) is 49.2 Å². The van der Waals surface area contributed by atoms with E-state index in [1.165, 1.54) is 12.3 Å². The zero-order chi connectivity index (χ0) is 15.9. The Hall–Kier alpha value is -2.10. The van der Waals surface area contributed by atoms with Crippen molar-refractivity contribution in [3.05, 3.63) is 29.7 Å². The molecular weight excluding hydrogens is 282 g/mol. The molecule has 0 radical (unpaired) electrons. The van der Waals surface area contributed by atoms with Crippen LogP contribution in [0.4, 0.5) is 0 Å². The van der Waals surface area contributed by atoms with E-state index in [1.807, 2.05) is 19.9 Å². The summed E-state index contributed by atoms with van der Waals surface area (Å²) in [6, 6.07) is 5.30. The fourth-order valence-corrected chi connectivity index (χ4v) is 2.55. The van der Waals surface area contributed by atoms with Gasteiger partial charge in [-0.15, -0.1) is 0 Å². The third-order valence-corrected chi connectivity index (χ3v) is 3.40. The van der Waals surface area contributed by atoms with Crippen molar-refractivity contribution in [2.45, 2.75) is 26.1 Å². The van der Waals surface area contributed by atoms with Crippen molar-refractivity contribution >= 4 is 12.0 Å². The molecular formula is C16H21N3O3. The van der Waals surface area contributed by atoms with Crippen LogP contribution in [0.15, 0.2) is 28.4 Å². The largest absolute Gasteiger partial charge is 0.465 e. The van der Waals surface area contributed by atoms with Crippen molar-refractivity contribution in [2.24, 2.45) is 0 Å². The van der Waals surface area contributed by atoms with E-state index in [0.717, 1.165) is 19.6 Å². The zero-order valence-electron chi connectivity index (χ0n) is 12.9. The number of carbonyl (C=O) groups is 1. The van der Waals surface area contributed by atoms with Gasteiger partial charge in [0.2, 0.25) is 0 Å². The maximum atomic E-state index is 12.0. The molecule has 1 aliphatic heterocycles. The smallest absolute Gasteiger partial charge is 0.262 e. The molecule has 0 bridgehead atoms. The lowest BCUT2D eigenvalue weighted by Crippen LogP contribution is -2.47. The van der Waals surface area contributed by atoms with E-state index in [2.05, 4.69) is 10.2 Å². The molecule has 2 atom stereocenters. The second-order valence-corrected chi connectivity index (χ2v) is 5.46. The lowest BCUT2D eigenvalue weighted by atomic mass is 10.2.